The van der Waals surface area contributed by atoms with E-state index in [1.165, 1.54) is 0 Å². The first-order valence-electron chi connectivity index (χ1n) is 26.8. The first-order chi connectivity index (χ1) is 36.7. The van der Waals surface area contributed by atoms with Crippen LogP contribution in [0.1, 0.15) is 140 Å². The van der Waals surface area contributed by atoms with E-state index in [1.54, 1.807) is 0 Å². The molecule has 7 aromatic carbocycles. The maximum absolute atomic E-state index is 13.9. The zero-order chi connectivity index (χ0) is 54.9. The molecule has 7 aromatic rings. The van der Waals surface area contributed by atoms with E-state index in [0.717, 1.165) is 66.8 Å². The molecule has 0 aromatic heterocycles. The highest BCUT2D eigenvalue weighted by molar-refractivity contribution is 5.79. The second kappa shape index (κ2) is 24.0. The summed E-state index contributed by atoms with van der Waals surface area (Å²) in [4.78, 5) is 41.3. The van der Waals surface area contributed by atoms with Crippen molar-refractivity contribution in [1.29, 1.82) is 0 Å². The van der Waals surface area contributed by atoms with Crippen LogP contribution in [0.25, 0.3) is 0 Å². The van der Waals surface area contributed by atoms with E-state index in [1.807, 2.05) is 109 Å². The van der Waals surface area contributed by atoms with Crippen molar-refractivity contribution in [2.45, 2.75) is 124 Å². The second-order valence-electron chi connectivity index (χ2n) is 23.4. The lowest BCUT2D eigenvalue weighted by Gasteiger charge is -2.28. The molecule has 4 N–H and O–H groups in total. The van der Waals surface area contributed by atoms with Gasteiger partial charge in [-0.15, -0.1) is 0 Å². The largest absolute Gasteiger partial charge is 0.507 e. The van der Waals surface area contributed by atoms with Crippen LogP contribution in [0, 0.1) is 0 Å². The third kappa shape index (κ3) is 14.8. The van der Waals surface area contributed by atoms with Crippen LogP contribution in [0.3, 0.4) is 0 Å². The summed E-state index contributed by atoms with van der Waals surface area (Å²) in [6.07, 6.45) is 1.18. The Hall–Kier alpha value is -7.85. The van der Waals surface area contributed by atoms with Gasteiger partial charge in [-0.05, 0) is 94.1 Å². The van der Waals surface area contributed by atoms with Gasteiger partial charge >= 0.3 is 0 Å². The molecule has 0 radical (unpaired) electrons. The molecule has 0 heterocycles. The summed E-state index contributed by atoms with van der Waals surface area (Å²) in [7, 11) is 0. The second-order valence-corrected chi connectivity index (χ2v) is 23.4. The normalized spacial score (nSPS) is 12.5. The SMILES string of the molecule is CC(C)(C)c1cc2c(OCC(=O)NCc3ccccc3)c(c1)Cc1cc(C(C)(C)C)cc(c1OCC(=O)NCc1ccccc1)Cc1cc(C(C)(C)C)cc(c1OCC(=O)NCc1ccccc1)Cc1cccc(c1O)C2. The van der Waals surface area contributed by atoms with Gasteiger partial charge in [-0.2, -0.15) is 0 Å². The lowest BCUT2D eigenvalue weighted by Crippen LogP contribution is -2.29. The molecular formula is C67H75N3O7. The number of phenols is 1. The molecule has 0 spiro atoms. The minimum atomic E-state index is -0.334. The molecule has 0 aliphatic heterocycles. The van der Waals surface area contributed by atoms with Gasteiger partial charge in [0.1, 0.15) is 23.0 Å². The van der Waals surface area contributed by atoms with Gasteiger partial charge in [-0.1, -0.05) is 208 Å². The lowest BCUT2D eigenvalue weighted by molar-refractivity contribution is -0.124. The molecule has 3 amide bonds. The first kappa shape index (κ1) is 55.4. The average Bonchev–Trinajstić information content (AvgIpc) is 3.39. The Morgan fingerprint density at radius 2 is 0.623 bits per heavy atom. The van der Waals surface area contributed by atoms with Gasteiger partial charge in [0.2, 0.25) is 0 Å². The molecule has 8 bridgehead atoms. The molecule has 10 nitrogen and oxygen atoms in total. The molecule has 0 atom stereocenters. The van der Waals surface area contributed by atoms with Crippen molar-refractivity contribution >= 4 is 17.7 Å². The van der Waals surface area contributed by atoms with Crippen molar-refractivity contribution in [2.24, 2.45) is 0 Å². The van der Waals surface area contributed by atoms with Crippen LogP contribution in [-0.2, 0) is 75.9 Å². The van der Waals surface area contributed by atoms with Gasteiger partial charge in [0.05, 0.1) is 0 Å². The van der Waals surface area contributed by atoms with Gasteiger partial charge in [-0.25, -0.2) is 0 Å². The van der Waals surface area contributed by atoms with Gasteiger partial charge < -0.3 is 35.3 Å². The van der Waals surface area contributed by atoms with Crippen LogP contribution in [-0.4, -0.2) is 42.6 Å². The Morgan fingerprint density at radius 1 is 0.377 bits per heavy atom. The molecule has 0 fully saturated rings. The predicted octanol–water partition coefficient (Wildman–Crippen LogP) is 12.0. The fourth-order valence-corrected chi connectivity index (χ4v) is 9.61. The number of carbonyl (C=O) groups is 3. The van der Waals surface area contributed by atoms with Crippen LogP contribution in [0.15, 0.2) is 146 Å². The van der Waals surface area contributed by atoms with E-state index in [-0.39, 0.29) is 72.4 Å². The number of para-hydroxylation sites is 1. The number of aromatic hydroxyl groups is 1. The molecule has 1 aliphatic carbocycles. The van der Waals surface area contributed by atoms with Crippen molar-refractivity contribution < 1.29 is 33.7 Å². The van der Waals surface area contributed by atoms with Gasteiger partial charge in [0.15, 0.2) is 19.8 Å². The van der Waals surface area contributed by atoms with Crippen LogP contribution >= 0.6 is 0 Å². The van der Waals surface area contributed by atoms with E-state index in [4.69, 9.17) is 14.2 Å². The van der Waals surface area contributed by atoms with Crippen molar-refractivity contribution in [3.8, 4) is 23.0 Å². The highest BCUT2D eigenvalue weighted by Crippen LogP contribution is 2.43. The summed E-state index contributed by atoms with van der Waals surface area (Å²) < 4.78 is 20.4. The van der Waals surface area contributed by atoms with Crippen LogP contribution in [0.5, 0.6) is 23.0 Å². The first-order valence-corrected chi connectivity index (χ1v) is 26.8. The average molecular weight is 1030 g/mol. The molecular weight excluding hydrogens is 959 g/mol. The molecule has 77 heavy (non-hydrogen) atoms. The summed E-state index contributed by atoms with van der Waals surface area (Å²) in [6, 6.07) is 48.1. The summed E-state index contributed by atoms with van der Waals surface area (Å²) in [6.45, 7) is 19.9. The molecule has 1 aliphatic rings. The summed E-state index contributed by atoms with van der Waals surface area (Å²) in [5, 5.41) is 21.6. The van der Waals surface area contributed by atoms with E-state index >= 15 is 0 Å². The van der Waals surface area contributed by atoms with Crippen LogP contribution in [0.2, 0.25) is 0 Å². The fraction of sp³-hybridized carbons (Fsp3) is 0.328. The van der Waals surface area contributed by atoms with Gasteiger partial charge in [0.25, 0.3) is 17.7 Å². The molecule has 0 unspecified atom stereocenters. The molecule has 0 saturated carbocycles. The number of phenolic OH excluding ortho intramolecular Hbond substituents is 1. The van der Waals surface area contributed by atoms with Crippen molar-refractivity contribution in [1.82, 2.24) is 16.0 Å². The number of nitrogens with one attached hydrogen (secondary N) is 3. The van der Waals surface area contributed by atoms with Crippen LogP contribution in [0.4, 0.5) is 0 Å². The van der Waals surface area contributed by atoms with Gasteiger partial charge in [0, 0.05) is 45.3 Å². The number of hydrogen-bond acceptors (Lipinski definition) is 7. The zero-order valence-corrected chi connectivity index (χ0v) is 46.3. The Bertz CT molecular complexity index is 3030. The molecule has 8 rings (SSSR count). The third-order valence-electron chi connectivity index (χ3n) is 14.1. The summed E-state index contributed by atoms with van der Waals surface area (Å²) in [5.74, 6) is 0.945. The fourth-order valence-electron chi connectivity index (χ4n) is 9.61. The third-order valence-corrected chi connectivity index (χ3v) is 14.1. The number of ether oxygens (including phenoxy) is 3. The Labute approximate surface area is 455 Å². The Kier molecular flexibility index (Phi) is 17.3. The number of carbonyl (C=O) groups excluding carboxylic acids is 3. The van der Waals surface area contributed by atoms with Crippen molar-refractivity contribution in [3.05, 3.63) is 223 Å². The van der Waals surface area contributed by atoms with Gasteiger partial charge in [-0.3, -0.25) is 14.4 Å². The number of hydrogen-bond donors (Lipinski definition) is 4. The maximum Gasteiger partial charge on any atom is 0.258 e. The quantitative estimate of drug-likeness (QED) is 0.0803. The standard InChI is InChI=1S/C67H75N3O7/c1-65(2,3)55-32-49-28-47-26-19-27-48(61(47)74)29-50-33-56(66(4,5)6)35-52(63(50)76-42-59(72)69-39-45-22-15-11-16-23-45)31-54-37-57(67(7,8)9)36-53(64(54)77-43-60(73)70-40-46-24-17-12-18-25-46)30-51(34-55)62(49)75-41-58(71)68-38-44-20-13-10-14-21-44/h10-27,32-37,74H,28-31,38-43H2,1-9H3,(H,68,71)(H,69,72)(H,70,73). The monoisotopic (exact) mass is 1030 g/mol. The molecule has 0 saturated heterocycles. The molecule has 400 valence electrons. The van der Waals surface area contributed by atoms with E-state index in [2.05, 4.69) is 115 Å². The minimum absolute atomic E-state index is 0.143. The highest BCUT2D eigenvalue weighted by Gasteiger charge is 2.29. The van der Waals surface area contributed by atoms with Crippen LogP contribution < -0.4 is 30.2 Å². The lowest BCUT2D eigenvalue weighted by atomic mass is 9.80. The Morgan fingerprint density at radius 3 is 0.870 bits per heavy atom. The maximum atomic E-state index is 13.9. The number of rotatable bonds is 15. The summed E-state index contributed by atoms with van der Waals surface area (Å²) in [5.41, 5.74) is 11.4. The number of amides is 3. The van der Waals surface area contributed by atoms with Crippen molar-refractivity contribution in [2.75, 3.05) is 19.8 Å². The minimum Gasteiger partial charge on any atom is -0.507 e. The summed E-state index contributed by atoms with van der Waals surface area (Å²) >= 11 is 0. The number of fused-ring (bicyclic) bond motifs is 8. The van der Waals surface area contributed by atoms with E-state index < -0.39 is 0 Å². The topological polar surface area (TPSA) is 135 Å². The zero-order valence-electron chi connectivity index (χ0n) is 46.3. The van der Waals surface area contributed by atoms with E-state index in [9.17, 15) is 19.5 Å². The predicted molar refractivity (Wildman–Crippen MR) is 306 cm³/mol. The smallest absolute Gasteiger partial charge is 0.258 e. The Balaban J connectivity index is 1.31. The van der Waals surface area contributed by atoms with Crippen molar-refractivity contribution in [3.63, 3.8) is 0 Å². The molecule has 10 heteroatoms. The number of benzene rings is 7. The highest BCUT2D eigenvalue weighted by atomic mass is 16.5. The van der Waals surface area contributed by atoms with E-state index in [0.29, 0.717) is 60.9 Å².